The van der Waals surface area contributed by atoms with Crippen molar-refractivity contribution in [1.82, 2.24) is 29.5 Å². The van der Waals surface area contributed by atoms with Crippen LogP contribution in [0.1, 0.15) is 49.6 Å². The number of ether oxygens (including phenoxy) is 1. The minimum atomic E-state index is -0.0327. The smallest absolute Gasteiger partial charge is 0.228 e. The first-order valence-corrected chi connectivity index (χ1v) is 15.5. The molecule has 0 radical (unpaired) electrons. The standard InChI is InChI=1S/C33H40N8O2/c1-39-14-16-40(17-15-39)23-9-11-24(12-10-23)41-32-29(31(34)35-20-36-32)30(38-41)22-8-13-27(28(18-22)43-2)37-33(42)26-19-25(26)21-6-4-3-5-7-21/h3-8,13,18,20,23-26H,9-12,14-17,19H2,1-2H3,(H,37,42)(H2,34,35,36)/t23?,24?,25-,26+/m1/s1. The molecular weight excluding hydrogens is 540 g/mol. The molecule has 3 heterocycles. The number of nitrogens with zero attached hydrogens (tertiary/aromatic N) is 6. The number of piperazine rings is 1. The number of likely N-dealkylation sites (N-methyl/N-ethyl adjacent to an activating group) is 1. The Morgan fingerprint density at radius 1 is 0.977 bits per heavy atom. The zero-order valence-electron chi connectivity index (χ0n) is 24.9. The molecule has 3 aliphatic rings. The molecule has 3 N–H and O–H groups in total. The van der Waals surface area contributed by atoms with Crippen molar-refractivity contribution in [1.29, 1.82) is 0 Å². The first kappa shape index (κ1) is 27.8. The lowest BCUT2D eigenvalue weighted by molar-refractivity contribution is -0.117. The van der Waals surface area contributed by atoms with Crippen LogP contribution < -0.4 is 15.8 Å². The molecule has 0 bridgehead atoms. The third kappa shape index (κ3) is 5.45. The van der Waals surface area contributed by atoms with Crippen LogP contribution >= 0.6 is 0 Å². The molecule has 10 heteroatoms. The highest BCUT2D eigenvalue weighted by atomic mass is 16.5. The molecule has 1 saturated heterocycles. The van der Waals surface area contributed by atoms with Gasteiger partial charge < -0.3 is 20.7 Å². The number of aromatic nitrogens is 4. The summed E-state index contributed by atoms with van der Waals surface area (Å²) in [6.07, 6.45) is 6.79. The summed E-state index contributed by atoms with van der Waals surface area (Å²) in [4.78, 5) is 27.1. The van der Waals surface area contributed by atoms with Crippen LogP contribution in [0.3, 0.4) is 0 Å². The fourth-order valence-electron chi connectivity index (χ4n) is 7.03. The number of hydrogen-bond acceptors (Lipinski definition) is 8. The zero-order valence-corrected chi connectivity index (χ0v) is 24.9. The van der Waals surface area contributed by atoms with Crippen molar-refractivity contribution in [3.8, 4) is 17.0 Å². The summed E-state index contributed by atoms with van der Waals surface area (Å²) < 4.78 is 7.81. The molecular formula is C33H40N8O2. The van der Waals surface area contributed by atoms with Gasteiger partial charge in [0.25, 0.3) is 0 Å². The highest BCUT2D eigenvalue weighted by molar-refractivity contribution is 6.00. The molecule has 2 saturated carbocycles. The molecule has 2 aromatic carbocycles. The average Bonchev–Trinajstić information content (AvgIpc) is 3.76. The van der Waals surface area contributed by atoms with E-state index in [9.17, 15) is 4.79 Å². The Morgan fingerprint density at radius 3 is 2.47 bits per heavy atom. The van der Waals surface area contributed by atoms with Crippen LogP contribution in [-0.2, 0) is 4.79 Å². The number of amides is 1. The van der Waals surface area contributed by atoms with Gasteiger partial charge in [-0.1, -0.05) is 36.4 Å². The van der Waals surface area contributed by atoms with Crippen LogP contribution in [0, 0.1) is 5.92 Å². The van der Waals surface area contributed by atoms with Gasteiger partial charge >= 0.3 is 0 Å². The quantitative estimate of drug-likeness (QED) is 0.327. The van der Waals surface area contributed by atoms with E-state index in [0.717, 1.165) is 80.6 Å². The third-order valence-corrected chi connectivity index (χ3v) is 9.67. The molecule has 43 heavy (non-hydrogen) atoms. The van der Waals surface area contributed by atoms with Gasteiger partial charge in [-0.25, -0.2) is 14.6 Å². The van der Waals surface area contributed by atoms with Crippen molar-refractivity contribution in [2.24, 2.45) is 5.92 Å². The maximum atomic E-state index is 13.1. The monoisotopic (exact) mass is 580 g/mol. The Balaban J connectivity index is 1.11. The fraction of sp³-hybridized carbons (Fsp3) is 0.455. The van der Waals surface area contributed by atoms with E-state index in [1.54, 1.807) is 7.11 Å². The fourth-order valence-corrected chi connectivity index (χ4v) is 7.03. The number of anilines is 2. The molecule has 224 valence electrons. The average molecular weight is 581 g/mol. The van der Waals surface area contributed by atoms with E-state index < -0.39 is 0 Å². The van der Waals surface area contributed by atoms with E-state index in [4.69, 9.17) is 15.6 Å². The zero-order chi connectivity index (χ0) is 29.5. The lowest BCUT2D eigenvalue weighted by atomic mass is 9.90. The van der Waals surface area contributed by atoms with Crippen LogP contribution in [0.4, 0.5) is 11.5 Å². The number of nitrogen functional groups attached to an aromatic ring is 1. The maximum absolute atomic E-state index is 13.1. The van der Waals surface area contributed by atoms with Gasteiger partial charge in [-0.3, -0.25) is 9.69 Å². The molecule has 1 aliphatic heterocycles. The highest BCUT2D eigenvalue weighted by Crippen LogP contribution is 2.48. The Bertz CT molecular complexity index is 1610. The summed E-state index contributed by atoms with van der Waals surface area (Å²) in [7, 11) is 3.82. The minimum Gasteiger partial charge on any atom is -0.495 e. The summed E-state index contributed by atoms with van der Waals surface area (Å²) in [6.45, 7) is 4.59. The van der Waals surface area contributed by atoms with Gasteiger partial charge in [0.2, 0.25) is 5.91 Å². The number of rotatable bonds is 7. The Kier molecular flexibility index (Phi) is 7.48. The molecule has 2 atom stereocenters. The summed E-state index contributed by atoms with van der Waals surface area (Å²) in [5.74, 6) is 1.23. The predicted octanol–water partition coefficient (Wildman–Crippen LogP) is 4.56. The van der Waals surface area contributed by atoms with E-state index in [2.05, 4.69) is 48.9 Å². The van der Waals surface area contributed by atoms with Crippen LogP contribution in [0.2, 0.25) is 0 Å². The van der Waals surface area contributed by atoms with Crippen LogP contribution in [0.15, 0.2) is 54.9 Å². The molecule has 0 unspecified atom stereocenters. The van der Waals surface area contributed by atoms with Gasteiger partial charge in [0.15, 0.2) is 5.65 Å². The Morgan fingerprint density at radius 2 is 1.72 bits per heavy atom. The minimum absolute atomic E-state index is 0.0134. The van der Waals surface area contributed by atoms with Gasteiger partial charge in [-0.15, -0.1) is 0 Å². The SMILES string of the molecule is COc1cc(-c2nn(C3CCC(N4CCN(C)CC4)CC3)c3ncnc(N)c23)ccc1NC(=O)[C@H]1C[C@@H]1c1ccccc1. The van der Waals surface area contributed by atoms with Crippen LogP contribution in [0.25, 0.3) is 22.3 Å². The number of fused-ring (bicyclic) bond motifs is 1. The molecule has 1 amide bonds. The summed E-state index contributed by atoms with van der Waals surface area (Å²) in [6, 6.07) is 16.9. The largest absolute Gasteiger partial charge is 0.495 e. The van der Waals surface area contributed by atoms with Crippen LogP contribution in [-0.4, -0.2) is 81.8 Å². The van der Waals surface area contributed by atoms with E-state index in [1.165, 1.54) is 11.9 Å². The summed E-state index contributed by atoms with van der Waals surface area (Å²) in [5.41, 5.74) is 10.6. The number of nitrogens with two attached hydrogens (primary N) is 1. The van der Waals surface area contributed by atoms with Gasteiger partial charge in [-0.2, -0.15) is 5.10 Å². The van der Waals surface area contributed by atoms with E-state index in [1.807, 2.05) is 36.4 Å². The second kappa shape index (κ2) is 11.6. The van der Waals surface area contributed by atoms with E-state index in [0.29, 0.717) is 23.3 Å². The van der Waals surface area contributed by atoms with Crippen molar-refractivity contribution in [3.05, 3.63) is 60.4 Å². The summed E-state index contributed by atoms with van der Waals surface area (Å²) >= 11 is 0. The number of nitrogens with one attached hydrogen (secondary N) is 1. The molecule has 7 rings (SSSR count). The molecule has 10 nitrogen and oxygen atoms in total. The second-order valence-electron chi connectivity index (χ2n) is 12.3. The molecule has 0 spiro atoms. The second-order valence-corrected chi connectivity index (χ2v) is 12.3. The van der Waals surface area contributed by atoms with Crippen molar-refractivity contribution >= 4 is 28.4 Å². The van der Waals surface area contributed by atoms with Crippen molar-refractivity contribution in [2.45, 2.75) is 50.1 Å². The molecule has 3 fully saturated rings. The topological polar surface area (TPSA) is 114 Å². The van der Waals surface area contributed by atoms with Gasteiger partial charge in [-0.05, 0) is 62.8 Å². The molecule has 2 aliphatic carbocycles. The van der Waals surface area contributed by atoms with Crippen molar-refractivity contribution < 1.29 is 9.53 Å². The number of carbonyl (C=O) groups excluding carboxylic acids is 1. The summed E-state index contributed by atoms with van der Waals surface area (Å²) in [5, 5.41) is 8.96. The number of carbonyl (C=O) groups is 1. The van der Waals surface area contributed by atoms with E-state index in [-0.39, 0.29) is 23.8 Å². The van der Waals surface area contributed by atoms with Crippen molar-refractivity contribution in [2.75, 3.05) is 51.4 Å². The third-order valence-electron chi connectivity index (χ3n) is 9.67. The molecule has 4 aromatic rings. The lowest BCUT2D eigenvalue weighted by Gasteiger charge is -2.41. The number of methoxy groups -OCH3 is 1. The first-order valence-electron chi connectivity index (χ1n) is 15.5. The van der Waals surface area contributed by atoms with Gasteiger partial charge in [0.1, 0.15) is 23.6 Å². The molecule has 2 aromatic heterocycles. The van der Waals surface area contributed by atoms with Gasteiger partial charge in [0.05, 0.1) is 24.2 Å². The highest BCUT2D eigenvalue weighted by Gasteiger charge is 2.44. The maximum Gasteiger partial charge on any atom is 0.228 e. The normalized spacial score (nSPS) is 24.6. The van der Waals surface area contributed by atoms with Crippen LogP contribution in [0.5, 0.6) is 5.75 Å². The first-order chi connectivity index (χ1) is 21.0. The Labute approximate surface area is 252 Å². The predicted molar refractivity (Wildman–Crippen MR) is 168 cm³/mol. The van der Waals surface area contributed by atoms with E-state index >= 15 is 0 Å². The Hall–Kier alpha value is -4.02. The van der Waals surface area contributed by atoms with Gasteiger partial charge in [0, 0.05) is 43.7 Å². The lowest BCUT2D eigenvalue weighted by Crippen LogP contribution is -2.49. The number of benzene rings is 2. The number of hydrogen-bond donors (Lipinski definition) is 2. The van der Waals surface area contributed by atoms with Crippen molar-refractivity contribution in [3.63, 3.8) is 0 Å².